The number of hydrogen-bond acceptors (Lipinski definition) is 4. The number of aromatic nitrogens is 2. The highest BCUT2D eigenvalue weighted by molar-refractivity contribution is 5.48. The van der Waals surface area contributed by atoms with Gasteiger partial charge in [-0.05, 0) is 5.56 Å². The smallest absolute Gasteiger partial charge is 0.223 e. The van der Waals surface area contributed by atoms with Crippen molar-refractivity contribution in [3.63, 3.8) is 0 Å². The summed E-state index contributed by atoms with van der Waals surface area (Å²) in [6.07, 6.45) is 4.15. The topological polar surface area (TPSA) is 51.0 Å². The molecule has 1 N–H and O–H groups in total. The molecule has 1 aromatic heterocycles. The van der Waals surface area contributed by atoms with Crippen LogP contribution >= 0.6 is 0 Å². The summed E-state index contributed by atoms with van der Waals surface area (Å²) in [6.45, 7) is 3.19. The van der Waals surface area contributed by atoms with Crippen molar-refractivity contribution in [2.24, 2.45) is 0 Å². The second kappa shape index (κ2) is 5.96. The van der Waals surface area contributed by atoms with Gasteiger partial charge < -0.3 is 9.84 Å². The van der Waals surface area contributed by atoms with E-state index in [0.29, 0.717) is 18.3 Å². The van der Waals surface area contributed by atoms with Gasteiger partial charge in [-0.15, -0.1) is 0 Å². The summed E-state index contributed by atoms with van der Waals surface area (Å²) in [6, 6.07) is 10.2. The largest absolute Gasteiger partial charge is 0.340 e. The van der Waals surface area contributed by atoms with E-state index >= 15 is 0 Å². The molecule has 2 aromatic rings. The lowest BCUT2D eigenvalue weighted by Gasteiger charge is -1.95. The first-order valence-corrected chi connectivity index (χ1v) is 5.56. The molecule has 0 spiro atoms. The number of nitrogens with zero attached hydrogens (tertiary/aromatic N) is 2. The van der Waals surface area contributed by atoms with Crippen LogP contribution in [0.15, 0.2) is 40.9 Å². The van der Waals surface area contributed by atoms with E-state index in [0.717, 1.165) is 6.54 Å². The van der Waals surface area contributed by atoms with Gasteiger partial charge in [0, 0.05) is 13.5 Å². The van der Waals surface area contributed by atoms with Gasteiger partial charge in [0.2, 0.25) is 5.89 Å². The average Bonchev–Trinajstić information content (AvgIpc) is 2.76. The Bertz CT molecular complexity index is 476. The fourth-order valence-corrected chi connectivity index (χ4v) is 1.44. The van der Waals surface area contributed by atoms with Crippen LogP contribution in [0.2, 0.25) is 0 Å². The highest BCUT2D eigenvalue weighted by Gasteiger charge is 1.99. The zero-order valence-corrected chi connectivity index (χ0v) is 9.76. The van der Waals surface area contributed by atoms with E-state index in [1.54, 1.807) is 6.92 Å². The Morgan fingerprint density at radius 1 is 1.29 bits per heavy atom. The third kappa shape index (κ3) is 3.85. The molecule has 0 bridgehead atoms. The predicted molar refractivity (Wildman–Crippen MR) is 66.2 cm³/mol. The third-order valence-electron chi connectivity index (χ3n) is 2.22. The summed E-state index contributed by atoms with van der Waals surface area (Å²) in [7, 11) is 0. The van der Waals surface area contributed by atoms with Gasteiger partial charge >= 0.3 is 0 Å². The van der Waals surface area contributed by atoms with Crippen molar-refractivity contribution in [2.45, 2.75) is 13.5 Å². The van der Waals surface area contributed by atoms with E-state index in [1.807, 2.05) is 18.2 Å². The molecule has 0 amide bonds. The minimum atomic E-state index is 0.599. The van der Waals surface area contributed by atoms with Crippen molar-refractivity contribution in [3.8, 4) is 0 Å². The van der Waals surface area contributed by atoms with E-state index in [2.05, 4.69) is 39.7 Å². The van der Waals surface area contributed by atoms with E-state index in [1.165, 1.54) is 5.56 Å². The molecule has 2 rings (SSSR count). The lowest BCUT2D eigenvalue weighted by atomic mass is 10.2. The van der Waals surface area contributed by atoms with Crippen LogP contribution in [-0.2, 0) is 6.54 Å². The van der Waals surface area contributed by atoms with Crippen LogP contribution in [0.25, 0.3) is 6.08 Å². The lowest BCUT2D eigenvalue weighted by molar-refractivity contribution is 0.386. The van der Waals surface area contributed by atoms with Gasteiger partial charge in [-0.2, -0.15) is 4.98 Å². The first kappa shape index (κ1) is 11.5. The lowest BCUT2D eigenvalue weighted by Crippen LogP contribution is -2.13. The van der Waals surface area contributed by atoms with Crippen LogP contribution in [0.4, 0.5) is 0 Å². The van der Waals surface area contributed by atoms with Crippen molar-refractivity contribution < 1.29 is 4.52 Å². The first-order valence-electron chi connectivity index (χ1n) is 5.56. The summed E-state index contributed by atoms with van der Waals surface area (Å²) < 4.78 is 4.87. The predicted octanol–water partition coefficient (Wildman–Crippen LogP) is 2.18. The second-order valence-electron chi connectivity index (χ2n) is 3.67. The molecule has 0 fully saturated rings. The number of benzene rings is 1. The highest BCUT2D eigenvalue weighted by Crippen LogP contribution is 2.00. The zero-order chi connectivity index (χ0) is 11.9. The van der Waals surface area contributed by atoms with E-state index < -0.39 is 0 Å². The van der Waals surface area contributed by atoms with Crippen molar-refractivity contribution >= 4 is 6.08 Å². The summed E-state index contributed by atoms with van der Waals surface area (Å²) in [5.41, 5.74) is 1.20. The maximum atomic E-state index is 4.87. The van der Waals surface area contributed by atoms with Crippen LogP contribution in [0.5, 0.6) is 0 Å². The molecule has 0 atom stereocenters. The number of nitrogens with one attached hydrogen (secondary N) is 1. The van der Waals surface area contributed by atoms with Gasteiger partial charge in [0.15, 0.2) is 5.82 Å². The normalized spacial score (nSPS) is 11.1. The molecule has 0 saturated heterocycles. The number of aryl methyl sites for hydroxylation is 1. The third-order valence-corrected chi connectivity index (χ3v) is 2.22. The molecule has 88 valence electrons. The Morgan fingerprint density at radius 3 is 2.82 bits per heavy atom. The van der Waals surface area contributed by atoms with Crippen LogP contribution in [0.1, 0.15) is 17.3 Å². The summed E-state index contributed by atoms with van der Waals surface area (Å²) >= 11 is 0. The molecule has 0 radical (unpaired) electrons. The molecule has 1 aromatic carbocycles. The molecule has 17 heavy (non-hydrogen) atoms. The van der Waals surface area contributed by atoms with Gasteiger partial charge in [-0.3, -0.25) is 0 Å². The first-order chi connectivity index (χ1) is 8.34. The Kier molecular flexibility index (Phi) is 4.05. The van der Waals surface area contributed by atoms with Crippen LogP contribution in [-0.4, -0.2) is 16.7 Å². The standard InChI is InChI=1S/C13H15N3O/c1-11-15-13(16-17-11)10-14-9-5-8-12-6-3-2-4-7-12/h2-8,14H,9-10H2,1H3/b8-5+. The van der Waals surface area contributed by atoms with Gasteiger partial charge in [0.25, 0.3) is 0 Å². The molecule has 4 heteroatoms. The Labute approximate surface area is 100 Å². The van der Waals surface area contributed by atoms with Crippen molar-refractivity contribution in [2.75, 3.05) is 6.54 Å². The van der Waals surface area contributed by atoms with E-state index in [9.17, 15) is 0 Å². The number of hydrogen-bond donors (Lipinski definition) is 1. The molecule has 4 nitrogen and oxygen atoms in total. The fraction of sp³-hybridized carbons (Fsp3) is 0.231. The second-order valence-corrected chi connectivity index (χ2v) is 3.67. The quantitative estimate of drug-likeness (QED) is 0.798. The molecular formula is C13H15N3O. The maximum Gasteiger partial charge on any atom is 0.223 e. The van der Waals surface area contributed by atoms with Gasteiger partial charge in [-0.1, -0.05) is 47.6 Å². The Balaban J connectivity index is 1.71. The Morgan fingerprint density at radius 2 is 2.12 bits per heavy atom. The molecular weight excluding hydrogens is 214 g/mol. The van der Waals surface area contributed by atoms with E-state index in [4.69, 9.17) is 4.52 Å². The minimum absolute atomic E-state index is 0.599. The fourth-order valence-electron chi connectivity index (χ4n) is 1.44. The van der Waals surface area contributed by atoms with E-state index in [-0.39, 0.29) is 0 Å². The molecule has 1 heterocycles. The van der Waals surface area contributed by atoms with Gasteiger partial charge in [0.1, 0.15) is 0 Å². The van der Waals surface area contributed by atoms with Crippen LogP contribution in [0.3, 0.4) is 0 Å². The Hall–Kier alpha value is -1.94. The van der Waals surface area contributed by atoms with Gasteiger partial charge in [0.05, 0.1) is 6.54 Å². The van der Waals surface area contributed by atoms with Crippen LogP contribution in [0, 0.1) is 6.92 Å². The molecule has 0 aliphatic carbocycles. The average molecular weight is 229 g/mol. The van der Waals surface area contributed by atoms with Crippen LogP contribution < -0.4 is 5.32 Å². The van der Waals surface area contributed by atoms with Crippen molar-refractivity contribution in [1.82, 2.24) is 15.5 Å². The number of rotatable bonds is 5. The van der Waals surface area contributed by atoms with Crippen molar-refractivity contribution in [3.05, 3.63) is 53.7 Å². The summed E-state index contributed by atoms with van der Waals surface area (Å²) in [5.74, 6) is 1.29. The van der Waals surface area contributed by atoms with Crippen molar-refractivity contribution in [1.29, 1.82) is 0 Å². The zero-order valence-electron chi connectivity index (χ0n) is 9.76. The summed E-state index contributed by atoms with van der Waals surface area (Å²) in [4.78, 5) is 4.10. The minimum Gasteiger partial charge on any atom is -0.340 e. The maximum absolute atomic E-state index is 4.87. The molecule has 0 saturated carbocycles. The monoisotopic (exact) mass is 229 g/mol. The molecule has 0 unspecified atom stereocenters. The SMILES string of the molecule is Cc1nc(CNC/C=C/c2ccccc2)no1. The molecule has 0 aliphatic heterocycles. The highest BCUT2D eigenvalue weighted by atomic mass is 16.5. The van der Waals surface area contributed by atoms with Gasteiger partial charge in [-0.25, -0.2) is 0 Å². The molecule has 0 aliphatic rings. The summed E-state index contributed by atoms with van der Waals surface area (Å²) in [5, 5.41) is 7.01.